The van der Waals surface area contributed by atoms with Crippen molar-refractivity contribution < 1.29 is 9.21 Å². The SMILES string of the molecule is Cc1cccc(NC(=O)NCc2cc(C)oc2C)c1. The highest BCUT2D eigenvalue weighted by molar-refractivity contribution is 5.89. The van der Waals surface area contributed by atoms with Gasteiger partial charge in [-0.2, -0.15) is 0 Å². The molecule has 0 spiro atoms. The van der Waals surface area contributed by atoms with E-state index in [1.807, 2.05) is 51.1 Å². The van der Waals surface area contributed by atoms with Crippen molar-refractivity contribution in [2.45, 2.75) is 27.3 Å². The van der Waals surface area contributed by atoms with Gasteiger partial charge in [0.25, 0.3) is 0 Å². The molecule has 19 heavy (non-hydrogen) atoms. The molecular formula is C15H18N2O2. The van der Waals surface area contributed by atoms with Crippen LogP contribution in [0.15, 0.2) is 34.7 Å². The molecule has 0 fully saturated rings. The van der Waals surface area contributed by atoms with Crippen molar-refractivity contribution in [3.63, 3.8) is 0 Å². The largest absolute Gasteiger partial charge is 0.466 e. The van der Waals surface area contributed by atoms with Gasteiger partial charge in [0.05, 0.1) is 0 Å². The molecule has 1 aromatic heterocycles. The lowest BCUT2D eigenvalue weighted by molar-refractivity contribution is 0.251. The summed E-state index contributed by atoms with van der Waals surface area (Å²) in [5.41, 5.74) is 2.90. The van der Waals surface area contributed by atoms with Gasteiger partial charge >= 0.3 is 6.03 Å². The molecular weight excluding hydrogens is 240 g/mol. The predicted octanol–water partition coefficient (Wildman–Crippen LogP) is 3.53. The molecule has 0 unspecified atom stereocenters. The summed E-state index contributed by atoms with van der Waals surface area (Å²) in [7, 11) is 0. The first-order valence-corrected chi connectivity index (χ1v) is 6.22. The molecule has 1 heterocycles. The number of amides is 2. The highest BCUT2D eigenvalue weighted by Gasteiger charge is 2.06. The number of nitrogens with one attached hydrogen (secondary N) is 2. The maximum atomic E-state index is 11.8. The number of anilines is 1. The molecule has 0 aliphatic rings. The Balaban J connectivity index is 1.90. The molecule has 100 valence electrons. The van der Waals surface area contributed by atoms with Crippen LogP contribution < -0.4 is 10.6 Å². The lowest BCUT2D eigenvalue weighted by atomic mass is 10.2. The van der Waals surface area contributed by atoms with E-state index in [0.717, 1.165) is 28.3 Å². The van der Waals surface area contributed by atoms with Crippen LogP contribution in [0, 0.1) is 20.8 Å². The number of carbonyl (C=O) groups is 1. The van der Waals surface area contributed by atoms with E-state index in [1.165, 1.54) is 0 Å². The average Bonchev–Trinajstić information content (AvgIpc) is 2.65. The molecule has 2 amide bonds. The molecule has 0 saturated carbocycles. The summed E-state index contributed by atoms with van der Waals surface area (Å²) >= 11 is 0. The van der Waals surface area contributed by atoms with E-state index < -0.39 is 0 Å². The molecule has 4 nitrogen and oxygen atoms in total. The fourth-order valence-electron chi connectivity index (χ4n) is 1.93. The minimum absolute atomic E-state index is 0.219. The van der Waals surface area contributed by atoms with Crippen LogP contribution >= 0.6 is 0 Å². The summed E-state index contributed by atoms with van der Waals surface area (Å²) in [5.74, 6) is 1.70. The molecule has 0 radical (unpaired) electrons. The molecule has 0 aliphatic carbocycles. The lowest BCUT2D eigenvalue weighted by Crippen LogP contribution is -2.28. The van der Waals surface area contributed by atoms with Crippen LogP contribution in [-0.2, 0) is 6.54 Å². The Morgan fingerprint density at radius 2 is 2.00 bits per heavy atom. The summed E-state index contributed by atoms with van der Waals surface area (Å²) in [6.07, 6.45) is 0. The van der Waals surface area contributed by atoms with Gasteiger partial charge in [-0.1, -0.05) is 12.1 Å². The molecule has 0 atom stereocenters. The number of hydrogen-bond donors (Lipinski definition) is 2. The van der Waals surface area contributed by atoms with Gasteiger partial charge in [0.2, 0.25) is 0 Å². The molecule has 1 aromatic carbocycles. The standard InChI is InChI=1S/C15H18N2O2/c1-10-5-4-6-14(7-10)17-15(18)16-9-13-8-11(2)19-12(13)3/h4-8H,9H2,1-3H3,(H2,16,17,18). The van der Waals surface area contributed by atoms with Crippen molar-refractivity contribution in [3.05, 3.63) is 53.0 Å². The van der Waals surface area contributed by atoms with Gasteiger partial charge in [0.1, 0.15) is 11.5 Å². The van der Waals surface area contributed by atoms with Gasteiger partial charge in [0.15, 0.2) is 0 Å². The summed E-state index contributed by atoms with van der Waals surface area (Å²) in [6.45, 7) is 6.23. The van der Waals surface area contributed by atoms with Crippen molar-refractivity contribution >= 4 is 11.7 Å². The number of rotatable bonds is 3. The zero-order chi connectivity index (χ0) is 13.8. The van der Waals surface area contributed by atoms with E-state index >= 15 is 0 Å². The van der Waals surface area contributed by atoms with Crippen LogP contribution in [0.3, 0.4) is 0 Å². The normalized spacial score (nSPS) is 10.3. The first-order chi connectivity index (χ1) is 9.04. The van der Waals surface area contributed by atoms with Crippen molar-refractivity contribution in [2.24, 2.45) is 0 Å². The topological polar surface area (TPSA) is 54.3 Å². The quantitative estimate of drug-likeness (QED) is 0.885. The van der Waals surface area contributed by atoms with E-state index in [1.54, 1.807) is 0 Å². The minimum atomic E-state index is -0.219. The Hall–Kier alpha value is -2.23. The van der Waals surface area contributed by atoms with Gasteiger partial charge in [-0.25, -0.2) is 4.79 Å². The molecule has 0 saturated heterocycles. The maximum absolute atomic E-state index is 11.8. The highest BCUT2D eigenvalue weighted by atomic mass is 16.3. The monoisotopic (exact) mass is 258 g/mol. The third-order valence-corrected chi connectivity index (χ3v) is 2.86. The van der Waals surface area contributed by atoms with Crippen molar-refractivity contribution in [1.29, 1.82) is 0 Å². The molecule has 0 bridgehead atoms. The van der Waals surface area contributed by atoms with Crippen molar-refractivity contribution in [3.8, 4) is 0 Å². The Labute approximate surface area is 112 Å². The summed E-state index contributed by atoms with van der Waals surface area (Å²) in [5, 5.41) is 5.61. The summed E-state index contributed by atoms with van der Waals surface area (Å²) in [6, 6.07) is 9.40. The van der Waals surface area contributed by atoms with Gasteiger partial charge in [-0.05, 0) is 44.5 Å². The number of carbonyl (C=O) groups excluding carboxylic acids is 1. The van der Waals surface area contributed by atoms with E-state index in [4.69, 9.17) is 4.42 Å². The second kappa shape index (κ2) is 5.61. The minimum Gasteiger partial charge on any atom is -0.466 e. The van der Waals surface area contributed by atoms with Crippen LogP contribution in [0.25, 0.3) is 0 Å². The van der Waals surface area contributed by atoms with Crippen molar-refractivity contribution in [1.82, 2.24) is 5.32 Å². The highest BCUT2D eigenvalue weighted by Crippen LogP contribution is 2.13. The van der Waals surface area contributed by atoms with E-state index in [0.29, 0.717) is 6.54 Å². The average molecular weight is 258 g/mol. The molecule has 2 aromatic rings. The summed E-state index contributed by atoms with van der Waals surface area (Å²) < 4.78 is 5.41. The van der Waals surface area contributed by atoms with Crippen LogP contribution in [0.1, 0.15) is 22.6 Å². The van der Waals surface area contributed by atoms with E-state index in [-0.39, 0.29) is 6.03 Å². The zero-order valence-corrected chi connectivity index (χ0v) is 11.4. The first kappa shape index (κ1) is 13.2. The first-order valence-electron chi connectivity index (χ1n) is 6.22. The molecule has 2 N–H and O–H groups in total. The predicted molar refractivity (Wildman–Crippen MR) is 75.2 cm³/mol. The third kappa shape index (κ3) is 3.61. The van der Waals surface area contributed by atoms with Gasteiger partial charge in [-0.3, -0.25) is 0 Å². The van der Waals surface area contributed by atoms with Crippen LogP contribution in [0.4, 0.5) is 10.5 Å². The van der Waals surface area contributed by atoms with Crippen LogP contribution in [0.5, 0.6) is 0 Å². The fourth-order valence-corrected chi connectivity index (χ4v) is 1.93. The Morgan fingerprint density at radius 3 is 2.63 bits per heavy atom. The Kier molecular flexibility index (Phi) is 3.90. The number of benzene rings is 1. The number of aryl methyl sites for hydroxylation is 3. The third-order valence-electron chi connectivity index (χ3n) is 2.86. The smallest absolute Gasteiger partial charge is 0.319 e. The zero-order valence-electron chi connectivity index (χ0n) is 11.4. The summed E-state index contributed by atoms with van der Waals surface area (Å²) in [4.78, 5) is 11.8. The van der Waals surface area contributed by atoms with E-state index in [2.05, 4.69) is 10.6 Å². The van der Waals surface area contributed by atoms with Crippen LogP contribution in [0.2, 0.25) is 0 Å². The fraction of sp³-hybridized carbons (Fsp3) is 0.267. The van der Waals surface area contributed by atoms with Gasteiger partial charge < -0.3 is 15.1 Å². The molecule has 2 rings (SSSR count). The molecule has 0 aliphatic heterocycles. The molecule has 4 heteroatoms. The van der Waals surface area contributed by atoms with E-state index in [9.17, 15) is 4.79 Å². The Morgan fingerprint density at radius 1 is 1.21 bits per heavy atom. The lowest BCUT2D eigenvalue weighted by Gasteiger charge is -2.07. The van der Waals surface area contributed by atoms with Gasteiger partial charge in [-0.15, -0.1) is 0 Å². The second-order valence-corrected chi connectivity index (χ2v) is 4.62. The second-order valence-electron chi connectivity index (χ2n) is 4.62. The number of furan rings is 1. The Bertz CT molecular complexity index is 588. The van der Waals surface area contributed by atoms with Gasteiger partial charge in [0, 0.05) is 17.8 Å². The van der Waals surface area contributed by atoms with Crippen molar-refractivity contribution in [2.75, 3.05) is 5.32 Å². The maximum Gasteiger partial charge on any atom is 0.319 e. The number of urea groups is 1. The van der Waals surface area contributed by atoms with Crippen LogP contribution in [-0.4, -0.2) is 6.03 Å². The number of hydrogen-bond acceptors (Lipinski definition) is 2.